The molecule has 1 aliphatic heterocycles. The minimum atomic E-state index is -0.248. The number of nitrogens with one attached hydrogen (secondary N) is 2. The van der Waals surface area contributed by atoms with Crippen LogP contribution in [-0.4, -0.2) is 31.9 Å². The molecule has 25 heavy (non-hydrogen) atoms. The Hall–Kier alpha value is -2.96. The van der Waals surface area contributed by atoms with Crippen LogP contribution in [0.25, 0.3) is 0 Å². The van der Waals surface area contributed by atoms with Crippen LogP contribution in [0.2, 0.25) is 0 Å². The Balaban J connectivity index is 1.54. The van der Waals surface area contributed by atoms with Crippen molar-refractivity contribution in [3.8, 4) is 11.5 Å². The van der Waals surface area contributed by atoms with Crippen molar-refractivity contribution in [3.63, 3.8) is 0 Å². The lowest BCUT2D eigenvalue weighted by molar-refractivity contribution is 0.174. The zero-order valence-corrected chi connectivity index (χ0v) is 14.6. The Labute approximate surface area is 147 Å². The summed E-state index contributed by atoms with van der Waals surface area (Å²) in [5, 5.41) is 5.74. The number of rotatable bonds is 5. The number of benzene rings is 1. The predicted molar refractivity (Wildman–Crippen MR) is 94.9 cm³/mol. The van der Waals surface area contributed by atoms with Gasteiger partial charge in [0.25, 0.3) is 0 Å². The molecule has 1 atom stereocenters. The van der Waals surface area contributed by atoms with E-state index in [4.69, 9.17) is 9.47 Å². The number of nitrogens with zero attached hydrogens (tertiary/aromatic N) is 2. The number of amides is 2. The van der Waals surface area contributed by atoms with Crippen LogP contribution in [0.5, 0.6) is 11.5 Å². The van der Waals surface area contributed by atoms with Gasteiger partial charge in [-0.15, -0.1) is 0 Å². The number of carbonyl (C=O) groups excluding carboxylic acids is 1. The van der Waals surface area contributed by atoms with Gasteiger partial charge in [0.05, 0.1) is 18.3 Å². The molecule has 0 aliphatic carbocycles. The van der Waals surface area contributed by atoms with Crippen molar-refractivity contribution in [1.82, 2.24) is 15.6 Å². The molecular formula is C18H22N4O3. The van der Waals surface area contributed by atoms with E-state index in [-0.39, 0.29) is 18.9 Å². The summed E-state index contributed by atoms with van der Waals surface area (Å²) in [6, 6.07) is 11.0. The molecule has 7 nitrogen and oxygen atoms in total. The number of carbonyl (C=O) groups is 1. The lowest BCUT2D eigenvalue weighted by Crippen LogP contribution is -2.36. The number of hydrogen-bond donors (Lipinski definition) is 2. The normalized spacial score (nSPS) is 13.2. The van der Waals surface area contributed by atoms with Crippen LogP contribution in [0.4, 0.5) is 10.6 Å². The number of urea groups is 1. The van der Waals surface area contributed by atoms with Gasteiger partial charge in [-0.25, -0.2) is 9.78 Å². The summed E-state index contributed by atoms with van der Waals surface area (Å²) in [7, 11) is 3.86. The van der Waals surface area contributed by atoms with E-state index in [0.29, 0.717) is 12.3 Å². The monoisotopic (exact) mass is 342 g/mol. The molecule has 0 spiro atoms. The van der Waals surface area contributed by atoms with E-state index >= 15 is 0 Å². The fraction of sp³-hybridized carbons (Fsp3) is 0.333. The summed E-state index contributed by atoms with van der Waals surface area (Å²) in [6.07, 6.45) is 0. The SMILES string of the molecule is CC(NC(=O)NCc1cccc(N(C)C)n1)c1ccc2c(c1)OCO2. The molecule has 2 amide bonds. The Bertz CT molecular complexity index is 764. The molecule has 132 valence electrons. The molecule has 1 aliphatic rings. The first-order valence-electron chi connectivity index (χ1n) is 8.10. The molecule has 0 saturated heterocycles. The molecule has 0 radical (unpaired) electrons. The summed E-state index contributed by atoms with van der Waals surface area (Å²) in [6.45, 7) is 2.52. The van der Waals surface area contributed by atoms with Crippen molar-refractivity contribution < 1.29 is 14.3 Å². The topological polar surface area (TPSA) is 75.7 Å². The minimum absolute atomic E-state index is 0.157. The highest BCUT2D eigenvalue weighted by molar-refractivity contribution is 5.74. The second-order valence-electron chi connectivity index (χ2n) is 6.04. The smallest absolute Gasteiger partial charge is 0.315 e. The van der Waals surface area contributed by atoms with E-state index in [1.54, 1.807) is 0 Å². The van der Waals surface area contributed by atoms with Crippen LogP contribution in [0.1, 0.15) is 24.2 Å². The van der Waals surface area contributed by atoms with Crippen LogP contribution >= 0.6 is 0 Å². The van der Waals surface area contributed by atoms with E-state index in [2.05, 4.69) is 15.6 Å². The summed E-state index contributed by atoms with van der Waals surface area (Å²) < 4.78 is 10.7. The molecule has 0 saturated carbocycles. The molecule has 0 fully saturated rings. The maximum absolute atomic E-state index is 12.1. The maximum atomic E-state index is 12.1. The maximum Gasteiger partial charge on any atom is 0.315 e. The number of ether oxygens (including phenoxy) is 2. The highest BCUT2D eigenvalue weighted by atomic mass is 16.7. The molecule has 2 N–H and O–H groups in total. The average Bonchev–Trinajstić information content (AvgIpc) is 3.07. The van der Waals surface area contributed by atoms with E-state index in [1.807, 2.05) is 62.3 Å². The van der Waals surface area contributed by atoms with Gasteiger partial charge in [-0.05, 0) is 36.8 Å². The second-order valence-corrected chi connectivity index (χ2v) is 6.04. The lowest BCUT2D eigenvalue weighted by Gasteiger charge is -2.16. The quantitative estimate of drug-likeness (QED) is 0.873. The highest BCUT2D eigenvalue weighted by Crippen LogP contribution is 2.34. The summed E-state index contributed by atoms with van der Waals surface area (Å²) >= 11 is 0. The van der Waals surface area contributed by atoms with Crippen LogP contribution in [0.3, 0.4) is 0 Å². The van der Waals surface area contributed by atoms with Gasteiger partial charge in [-0.3, -0.25) is 0 Å². The van der Waals surface area contributed by atoms with Gasteiger partial charge in [0.2, 0.25) is 6.79 Å². The minimum Gasteiger partial charge on any atom is -0.454 e. The number of hydrogen-bond acceptors (Lipinski definition) is 5. The summed E-state index contributed by atoms with van der Waals surface area (Å²) in [4.78, 5) is 18.5. The van der Waals surface area contributed by atoms with Gasteiger partial charge in [-0.1, -0.05) is 12.1 Å². The standard InChI is InChI=1S/C18H22N4O3/c1-12(13-7-8-15-16(9-13)25-11-24-15)20-18(23)19-10-14-5-4-6-17(21-14)22(2)3/h4-9,12H,10-11H2,1-3H3,(H2,19,20,23). The Morgan fingerprint density at radius 1 is 1.24 bits per heavy atom. The summed E-state index contributed by atoms with van der Waals surface area (Å²) in [5.74, 6) is 2.29. The van der Waals surface area contributed by atoms with E-state index in [9.17, 15) is 4.79 Å². The predicted octanol–water partition coefficient (Wildman–Crippen LogP) is 2.44. The van der Waals surface area contributed by atoms with Crippen molar-refractivity contribution >= 4 is 11.8 Å². The van der Waals surface area contributed by atoms with Crippen molar-refractivity contribution in [2.75, 3.05) is 25.8 Å². The molecule has 0 bridgehead atoms. The van der Waals surface area contributed by atoms with Gasteiger partial charge in [0, 0.05) is 14.1 Å². The van der Waals surface area contributed by atoms with E-state index in [1.165, 1.54) is 0 Å². The van der Waals surface area contributed by atoms with Gasteiger partial charge in [-0.2, -0.15) is 0 Å². The van der Waals surface area contributed by atoms with Crippen molar-refractivity contribution in [2.24, 2.45) is 0 Å². The van der Waals surface area contributed by atoms with E-state index in [0.717, 1.165) is 22.8 Å². The fourth-order valence-electron chi connectivity index (χ4n) is 2.50. The van der Waals surface area contributed by atoms with Crippen molar-refractivity contribution in [3.05, 3.63) is 47.7 Å². The number of pyridine rings is 1. The Morgan fingerprint density at radius 2 is 2.04 bits per heavy atom. The summed E-state index contributed by atoms with van der Waals surface area (Å²) in [5.41, 5.74) is 1.75. The number of anilines is 1. The molecule has 7 heteroatoms. The Morgan fingerprint density at radius 3 is 2.84 bits per heavy atom. The van der Waals surface area contributed by atoms with Gasteiger partial charge in [0.1, 0.15) is 5.82 Å². The largest absolute Gasteiger partial charge is 0.454 e. The molecule has 1 aromatic heterocycles. The molecule has 1 unspecified atom stereocenters. The third kappa shape index (κ3) is 4.12. The van der Waals surface area contributed by atoms with Crippen LogP contribution in [-0.2, 0) is 6.54 Å². The second kappa shape index (κ2) is 7.29. The van der Waals surface area contributed by atoms with Gasteiger partial charge >= 0.3 is 6.03 Å². The molecule has 2 aromatic rings. The van der Waals surface area contributed by atoms with Crippen molar-refractivity contribution in [1.29, 1.82) is 0 Å². The zero-order chi connectivity index (χ0) is 17.8. The third-order valence-electron chi connectivity index (χ3n) is 3.92. The van der Waals surface area contributed by atoms with Gasteiger partial charge in [0.15, 0.2) is 11.5 Å². The van der Waals surface area contributed by atoms with Crippen LogP contribution in [0, 0.1) is 0 Å². The lowest BCUT2D eigenvalue weighted by atomic mass is 10.1. The molecule has 1 aromatic carbocycles. The van der Waals surface area contributed by atoms with Crippen LogP contribution in [0.15, 0.2) is 36.4 Å². The highest BCUT2D eigenvalue weighted by Gasteiger charge is 2.16. The zero-order valence-electron chi connectivity index (χ0n) is 14.6. The van der Waals surface area contributed by atoms with Gasteiger partial charge < -0.3 is 25.0 Å². The Kier molecular flexibility index (Phi) is 4.92. The third-order valence-corrected chi connectivity index (χ3v) is 3.92. The first-order chi connectivity index (χ1) is 12.0. The van der Waals surface area contributed by atoms with E-state index < -0.39 is 0 Å². The molecule has 2 heterocycles. The first kappa shape index (κ1) is 16.9. The van der Waals surface area contributed by atoms with Crippen molar-refractivity contribution in [2.45, 2.75) is 19.5 Å². The molecule has 3 rings (SSSR count). The first-order valence-corrected chi connectivity index (χ1v) is 8.10. The number of fused-ring (bicyclic) bond motifs is 1. The van der Waals surface area contributed by atoms with Crippen LogP contribution < -0.4 is 25.0 Å². The average molecular weight is 342 g/mol. The fourth-order valence-corrected chi connectivity index (χ4v) is 2.50. The number of aromatic nitrogens is 1. The molecular weight excluding hydrogens is 320 g/mol.